The Hall–Kier alpha value is -2.36. The third-order valence-electron chi connectivity index (χ3n) is 4.99. The van der Waals surface area contributed by atoms with Crippen molar-refractivity contribution < 1.29 is 9.47 Å². The number of hydrogen-bond acceptors (Lipinski definition) is 4. The van der Waals surface area contributed by atoms with Crippen molar-refractivity contribution in [1.29, 1.82) is 0 Å². The second-order valence-electron chi connectivity index (χ2n) is 7.71. The van der Waals surface area contributed by atoms with Gasteiger partial charge in [-0.25, -0.2) is 0 Å². The fraction of sp³-hybridized carbons (Fsp3) is 0.538. The van der Waals surface area contributed by atoms with Gasteiger partial charge in [-0.3, -0.25) is 0 Å². The molecule has 0 aliphatic carbocycles. The van der Waals surface area contributed by atoms with Gasteiger partial charge in [0.15, 0.2) is 0 Å². The lowest BCUT2D eigenvalue weighted by molar-refractivity contribution is 0.304. The monoisotopic (exact) mass is 410 g/mol. The van der Waals surface area contributed by atoms with Gasteiger partial charge in [-0.15, -0.1) is 0 Å². The lowest BCUT2D eigenvalue weighted by atomic mass is 10.2. The molecule has 0 N–H and O–H groups in total. The highest BCUT2D eigenvalue weighted by Gasteiger charge is 1.98. The van der Waals surface area contributed by atoms with E-state index in [1.54, 1.807) is 0 Å². The molecule has 0 amide bonds. The van der Waals surface area contributed by atoms with Crippen molar-refractivity contribution in [2.75, 3.05) is 13.2 Å². The van der Waals surface area contributed by atoms with Gasteiger partial charge in [0.25, 0.3) is 0 Å². The van der Waals surface area contributed by atoms with Gasteiger partial charge in [-0.05, 0) is 61.4 Å². The van der Waals surface area contributed by atoms with E-state index in [1.165, 1.54) is 51.4 Å². The molecule has 0 saturated heterocycles. The van der Waals surface area contributed by atoms with Crippen molar-refractivity contribution >= 4 is 11.4 Å². The topological polar surface area (TPSA) is 43.2 Å². The highest BCUT2D eigenvalue weighted by molar-refractivity contribution is 5.44. The quantitative estimate of drug-likeness (QED) is 0.205. The van der Waals surface area contributed by atoms with E-state index in [2.05, 4.69) is 24.1 Å². The van der Waals surface area contributed by atoms with E-state index in [1.807, 2.05) is 48.5 Å². The summed E-state index contributed by atoms with van der Waals surface area (Å²) in [5.41, 5.74) is 1.63. The Bertz CT molecular complexity index is 634. The highest BCUT2D eigenvalue weighted by atomic mass is 16.5. The first-order valence-corrected chi connectivity index (χ1v) is 11.7. The summed E-state index contributed by atoms with van der Waals surface area (Å²) in [7, 11) is 0. The van der Waals surface area contributed by atoms with Crippen molar-refractivity contribution in [1.82, 2.24) is 0 Å². The van der Waals surface area contributed by atoms with Gasteiger partial charge in [0.2, 0.25) is 0 Å². The molecule has 0 fully saturated rings. The summed E-state index contributed by atoms with van der Waals surface area (Å²) in [4.78, 5) is 0. The molecule has 0 aliphatic rings. The largest absolute Gasteiger partial charge is 0.494 e. The van der Waals surface area contributed by atoms with Gasteiger partial charge in [0, 0.05) is 0 Å². The fourth-order valence-electron chi connectivity index (χ4n) is 3.12. The van der Waals surface area contributed by atoms with Gasteiger partial charge in [-0.1, -0.05) is 65.2 Å². The fourth-order valence-corrected chi connectivity index (χ4v) is 3.12. The van der Waals surface area contributed by atoms with E-state index in [0.717, 1.165) is 48.9 Å². The predicted molar refractivity (Wildman–Crippen MR) is 126 cm³/mol. The van der Waals surface area contributed by atoms with Crippen LogP contribution >= 0.6 is 0 Å². The lowest BCUT2D eigenvalue weighted by Gasteiger charge is -2.06. The molecule has 0 bridgehead atoms. The molecular formula is C26H38N2O2. The second-order valence-corrected chi connectivity index (χ2v) is 7.71. The molecule has 0 aliphatic heterocycles. The van der Waals surface area contributed by atoms with Crippen LogP contribution in [0.1, 0.15) is 78.1 Å². The number of benzene rings is 2. The van der Waals surface area contributed by atoms with Crippen molar-refractivity contribution in [3.63, 3.8) is 0 Å². The molecule has 2 rings (SSSR count). The van der Waals surface area contributed by atoms with Crippen molar-refractivity contribution in [3.05, 3.63) is 48.5 Å². The van der Waals surface area contributed by atoms with Gasteiger partial charge < -0.3 is 9.47 Å². The number of azo groups is 1. The summed E-state index contributed by atoms with van der Waals surface area (Å²) in [5.74, 6) is 1.78. The number of unbranched alkanes of at least 4 members (excludes halogenated alkanes) is 8. The Balaban J connectivity index is 1.68. The molecule has 2 aromatic rings. The summed E-state index contributed by atoms with van der Waals surface area (Å²) >= 11 is 0. The smallest absolute Gasteiger partial charge is 0.119 e. The van der Waals surface area contributed by atoms with Gasteiger partial charge in [0.05, 0.1) is 24.6 Å². The minimum atomic E-state index is 0.776. The molecule has 0 radical (unpaired) electrons. The molecule has 0 spiro atoms. The summed E-state index contributed by atoms with van der Waals surface area (Å²) in [6.45, 7) is 6.02. The minimum absolute atomic E-state index is 0.776. The Morgan fingerprint density at radius 2 is 0.867 bits per heavy atom. The molecular weight excluding hydrogens is 372 g/mol. The van der Waals surface area contributed by atoms with E-state index in [4.69, 9.17) is 9.47 Å². The third kappa shape index (κ3) is 10.4. The first kappa shape index (κ1) is 23.9. The third-order valence-corrected chi connectivity index (χ3v) is 4.99. The maximum Gasteiger partial charge on any atom is 0.119 e. The second kappa shape index (κ2) is 15.5. The van der Waals surface area contributed by atoms with Gasteiger partial charge >= 0.3 is 0 Å². The van der Waals surface area contributed by atoms with Crippen LogP contribution in [0.5, 0.6) is 11.5 Å². The first-order chi connectivity index (χ1) is 14.8. The van der Waals surface area contributed by atoms with Crippen molar-refractivity contribution in [2.24, 2.45) is 10.2 Å². The van der Waals surface area contributed by atoms with Crippen LogP contribution in [0.4, 0.5) is 11.4 Å². The first-order valence-electron chi connectivity index (χ1n) is 11.7. The van der Waals surface area contributed by atoms with E-state index in [-0.39, 0.29) is 0 Å². The van der Waals surface area contributed by atoms with Crippen LogP contribution in [0.3, 0.4) is 0 Å². The zero-order valence-electron chi connectivity index (χ0n) is 18.8. The van der Waals surface area contributed by atoms with Crippen molar-refractivity contribution in [3.8, 4) is 11.5 Å². The maximum atomic E-state index is 5.79. The molecule has 0 heterocycles. The Morgan fingerprint density at radius 1 is 0.500 bits per heavy atom. The molecule has 164 valence electrons. The number of rotatable bonds is 16. The average molecular weight is 411 g/mol. The summed E-state index contributed by atoms with van der Waals surface area (Å²) in [6.07, 6.45) is 12.5. The van der Waals surface area contributed by atoms with E-state index >= 15 is 0 Å². The SMILES string of the molecule is CCCCCCCOc1ccc(N=Nc2ccc(OCCCCCCC)cc2)cc1. The number of hydrogen-bond donors (Lipinski definition) is 0. The minimum Gasteiger partial charge on any atom is -0.494 e. The standard InChI is InChI=1S/C26H38N2O2/c1-3-5-7-9-11-21-29-25-17-13-23(14-18-25)27-28-24-15-19-26(20-16-24)30-22-12-10-8-6-4-2/h13-20H,3-12,21-22H2,1-2H3. The zero-order valence-corrected chi connectivity index (χ0v) is 18.8. The predicted octanol–water partition coefficient (Wildman–Crippen LogP) is 8.80. The van der Waals surface area contributed by atoms with E-state index in [0.29, 0.717) is 0 Å². The highest BCUT2D eigenvalue weighted by Crippen LogP contribution is 2.23. The zero-order chi connectivity index (χ0) is 21.3. The van der Waals surface area contributed by atoms with Crippen LogP contribution in [0, 0.1) is 0 Å². The molecule has 4 heteroatoms. The number of ether oxygens (including phenoxy) is 2. The van der Waals surface area contributed by atoms with E-state index in [9.17, 15) is 0 Å². The molecule has 0 atom stereocenters. The Labute approximate surface area is 182 Å². The summed E-state index contributed by atoms with van der Waals surface area (Å²) in [6, 6.07) is 15.6. The van der Waals surface area contributed by atoms with Gasteiger partial charge in [0.1, 0.15) is 11.5 Å². The van der Waals surface area contributed by atoms with Crippen LogP contribution in [0.25, 0.3) is 0 Å². The van der Waals surface area contributed by atoms with Crippen LogP contribution in [0.15, 0.2) is 58.8 Å². The Kier molecular flexibility index (Phi) is 12.3. The van der Waals surface area contributed by atoms with Crippen molar-refractivity contribution in [2.45, 2.75) is 78.1 Å². The van der Waals surface area contributed by atoms with Crippen LogP contribution in [0.2, 0.25) is 0 Å². The maximum absolute atomic E-state index is 5.79. The summed E-state index contributed by atoms with van der Waals surface area (Å²) in [5, 5.41) is 8.62. The van der Waals surface area contributed by atoms with Gasteiger partial charge in [-0.2, -0.15) is 10.2 Å². The molecule has 0 saturated carbocycles. The van der Waals surface area contributed by atoms with Crippen LogP contribution in [-0.2, 0) is 0 Å². The lowest BCUT2D eigenvalue weighted by Crippen LogP contribution is -1.96. The molecule has 4 nitrogen and oxygen atoms in total. The molecule has 0 unspecified atom stereocenters. The molecule has 2 aromatic carbocycles. The Morgan fingerprint density at radius 3 is 1.23 bits per heavy atom. The van der Waals surface area contributed by atoms with Crippen LogP contribution in [-0.4, -0.2) is 13.2 Å². The average Bonchev–Trinajstić information content (AvgIpc) is 2.79. The molecule has 30 heavy (non-hydrogen) atoms. The summed E-state index contributed by atoms with van der Waals surface area (Å²) < 4.78 is 11.6. The van der Waals surface area contributed by atoms with Crippen LogP contribution < -0.4 is 9.47 Å². The molecule has 0 aromatic heterocycles. The number of nitrogens with zero attached hydrogens (tertiary/aromatic N) is 2. The van der Waals surface area contributed by atoms with E-state index < -0.39 is 0 Å². The normalized spacial score (nSPS) is 11.1.